The molecule has 2 aromatic carbocycles. The summed E-state index contributed by atoms with van der Waals surface area (Å²) in [6.45, 7) is 5.45. The highest BCUT2D eigenvalue weighted by atomic mass is 32.2. The molecule has 0 spiro atoms. The number of carbonyl (C=O) groups excluding carboxylic acids is 2. The number of anilines is 1. The fourth-order valence-corrected chi connectivity index (χ4v) is 3.11. The molecule has 0 aliphatic heterocycles. The van der Waals surface area contributed by atoms with E-state index >= 15 is 0 Å². The van der Waals surface area contributed by atoms with Gasteiger partial charge in [-0.2, -0.15) is 0 Å². The molecule has 1 atom stereocenters. The van der Waals surface area contributed by atoms with Crippen molar-refractivity contribution in [3.63, 3.8) is 0 Å². The van der Waals surface area contributed by atoms with Crippen LogP contribution in [0.2, 0.25) is 0 Å². The second-order valence-corrected chi connectivity index (χ2v) is 6.90. The molecule has 6 heteroatoms. The molecule has 0 bridgehead atoms. The summed E-state index contributed by atoms with van der Waals surface area (Å²) in [4.78, 5) is 25.3. The van der Waals surface area contributed by atoms with Gasteiger partial charge in [0, 0.05) is 4.90 Å². The number of nitrogens with one attached hydrogen (secondary N) is 1. The molecule has 0 saturated heterocycles. The van der Waals surface area contributed by atoms with Crippen LogP contribution >= 0.6 is 11.8 Å². The number of amides is 1. The van der Waals surface area contributed by atoms with Crippen LogP contribution in [0.1, 0.15) is 18.1 Å². The zero-order valence-electron chi connectivity index (χ0n) is 15.4. The van der Waals surface area contributed by atoms with Gasteiger partial charge in [0.1, 0.15) is 5.75 Å². The van der Waals surface area contributed by atoms with E-state index in [2.05, 4.69) is 5.32 Å². The van der Waals surface area contributed by atoms with Crippen LogP contribution < -0.4 is 10.1 Å². The lowest BCUT2D eigenvalue weighted by molar-refractivity contribution is -0.150. The fraction of sp³-hybridized carbons (Fsp3) is 0.300. The summed E-state index contributed by atoms with van der Waals surface area (Å²) in [6, 6.07) is 13.3. The molecule has 2 aromatic rings. The predicted octanol–water partition coefficient (Wildman–Crippen LogP) is 3.97. The number of hydrogen-bond acceptors (Lipinski definition) is 5. The molecule has 26 heavy (non-hydrogen) atoms. The molecule has 1 amide bonds. The third-order valence-electron chi connectivity index (χ3n) is 3.73. The van der Waals surface area contributed by atoms with Crippen LogP contribution in [-0.4, -0.2) is 30.8 Å². The quantitative estimate of drug-likeness (QED) is 0.588. The van der Waals surface area contributed by atoms with Gasteiger partial charge in [-0.3, -0.25) is 9.59 Å². The molecule has 0 radical (unpaired) electrons. The zero-order chi connectivity index (χ0) is 19.1. The van der Waals surface area contributed by atoms with Gasteiger partial charge in [0.25, 0.3) is 5.91 Å². The van der Waals surface area contributed by atoms with Gasteiger partial charge < -0.3 is 14.8 Å². The molecule has 2 rings (SSSR count). The Balaban J connectivity index is 1.89. The molecule has 0 aromatic heterocycles. The van der Waals surface area contributed by atoms with Crippen LogP contribution in [-0.2, 0) is 14.3 Å². The van der Waals surface area contributed by atoms with Crippen molar-refractivity contribution < 1.29 is 19.1 Å². The number of carbonyl (C=O) groups is 2. The van der Waals surface area contributed by atoms with Gasteiger partial charge in [-0.25, -0.2) is 0 Å². The molecule has 0 aliphatic rings. The van der Waals surface area contributed by atoms with Crippen LogP contribution in [0.25, 0.3) is 0 Å². The zero-order valence-corrected chi connectivity index (χ0v) is 16.2. The van der Waals surface area contributed by atoms with Crippen molar-refractivity contribution in [2.75, 3.05) is 18.2 Å². The molecule has 138 valence electrons. The number of methoxy groups -OCH3 is 1. The summed E-state index contributed by atoms with van der Waals surface area (Å²) in [5.74, 6) is -0.131. The van der Waals surface area contributed by atoms with E-state index in [1.165, 1.54) is 18.9 Å². The monoisotopic (exact) mass is 373 g/mol. The highest BCUT2D eigenvalue weighted by Crippen LogP contribution is 2.25. The molecule has 0 saturated carbocycles. The smallest absolute Gasteiger partial charge is 0.317 e. The lowest BCUT2D eigenvalue weighted by Crippen LogP contribution is -2.30. The average Bonchev–Trinajstić information content (AvgIpc) is 2.61. The van der Waals surface area contributed by atoms with Crippen molar-refractivity contribution in [1.82, 2.24) is 0 Å². The molecule has 0 fully saturated rings. The SMILES string of the molecule is COc1ccc(C)cc1NC(=O)[C@H](C)OC(=O)CSc1ccccc1C. The summed E-state index contributed by atoms with van der Waals surface area (Å²) in [6.07, 6.45) is -0.898. The molecule has 0 aliphatic carbocycles. The van der Waals surface area contributed by atoms with E-state index in [0.29, 0.717) is 11.4 Å². The molecular formula is C20H23NO4S. The van der Waals surface area contributed by atoms with E-state index in [-0.39, 0.29) is 5.75 Å². The lowest BCUT2D eigenvalue weighted by atomic mass is 10.2. The van der Waals surface area contributed by atoms with Crippen LogP contribution in [0, 0.1) is 13.8 Å². The second-order valence-electron chi connectivity index (χ2n) is 5.88. The van der Waals surface area contributed by atoms with Crippen LogP contribution in [0.15, 0.2) is 47.4 Å². The number of hydrogen-bond donors (Lipinski definition) is 1. The number of esters is 1. The van der Waals surface area contributed by atoms with Crippen LogP contribution in [0.5, 0.6) is 5.75 Å². The fourth-order valence-electron chi connectivity index (χ4n) is 2.29. The van der Waals surface area contributed by atoms with E-state index in [1.54, 1.807) is 19.1 Å². The van der Waals surface area contributed by atoms with E-state index in [9.17, 15) is 9.59 Å². The van der Waals surface area contributed by atoms with Crippen LogP contribution in [0.4, 0.5) is 5.69 Å². The summed E-state index contributed by atoms with van der Waals surface area (Å²) in [7, 11) is 1.53. The summed E-state index contributed by atoms with van der Waals surface area (Å²) in [5, 5.41) is 2.74. The highest BCUT2D eigenvalue weighted by molar-refractivity contribution is 8.00. The molecular weight excluding hydrogens is 350 g/mol. The third-order valence-corrected chi connectivity index (χ3v) is 4.88. The first-order chi connectivity index (χ1) is 12.4. The third kappa shape index (κ3) is 5.52. The second kappa shape index (κ2) is 9.29. The normalized spacial score (nSPS) is 11.5. The Labute approximate surface area is 158 Å². The minimum atomic E-state index is -0.898. The van der Waals surface area contributed by atoms with E-state index in [1.807, 2.05) is 44.2 Å². The number of rotatable bonds is 7. The minimum Gasteiger partial charge on any atom is -0.495 e. The summed E-state index contributed by atoms with van der Waals surface area (Å²) >= 11 is 1.39. The maximum Gasteiger partial charge on any atom is 0.317 e. The summed E-state index contributed by atoms with van der Waals surface area (Å²) in [5.41, 5.74) is 2.64. The van der Waals surface area contributed by atoms with Crippen molar-refractivity contribution in [1.29, 1.82) is 0 Å². The number of aryl methyl sites for hydroxylation is 2. The maximum atomic E-state index is 12.3. The van der Waals surface area contributed by atoms with Crippen molar-refractivity contribution >= 4 is 29.3 Å². The lowest BCUT2D eigenvalue weighted by Gasteiger charge is -2.15. The Morgan fingerprint density at radius 2 is 1.88 bits per heavy atom. The Bertz CT molecular complexity index is 791. The Kier molecular flexibility index (Phi) is 7.09. The Hall–Kier alpha value is -2.47. The van der Waals surface area contributed by atoms with Gasteiger partial charge in [-0.1, -0.05) is 24.3 Å². The van der Waals surface area contributed by atoms with Gasteiger partial charge in [-0.05, 0) is 50.1 Å². The maximum absolute atomic E-state index is 12.3. The average molecular weight is 373 g/mol. The standard InChI is InChI=1S/C20H23NO4S/c1-13-9-10-17(24-4)16(11-13)21-20(23)15(3)25-19(22)12-26-18-8-6-5-7-14(18)2/h5-11,15H,12H2,1-4H3,(H,21,23)/t15-/m0/s1. The summed E-state index contributed by atoms with van der Waals surface area (Å²) < 4.78 is 10.5. The first-order valence-electron chi connectivity index (χ1n) is 8.24. The highest BCUT2D eigenvalue weighted by Gasteiger charge is 2.19. The van der Waals surface area contributed by atoms with Gasteiger partial charge in [0.05, 0.1) is 18.6 Å². The molecule has 0 unspecified atom stereocenters. The first-order valence-corrected chi connectivity index (χ1v) is 9.22. The topological polar surface area (TPSA) is 64.6 Å². The van der Waals surface area contributed by atoms with Crippen molar-refractivity contribution in [2.45, 2.75) is 31.8 Å². The van der Waals surface area contributed by atoms with Gasteiger partial charge in [-0.15, -0.1) is 11.8 Å². The predicted molar refractivity (Wildman–Crippen MR) is 104 cm³/mol. The van der Waals surface area contributed by atoms with Crippen molar-refractivity contribution in [3.05, 3.63) is 53.6 Å². The number of thioether (sulfide) groups is 1. The molecule has 1 N–H and O–H groups in total. The minimum absolute atomic E-state index is 0.149. The van der Waals surface area contributed by atoms with Crippen LogP contribution in [0.3, 0.4) is 0 Å². The number of benzene rings is 2. The molecule has 0 heterocycles. The van der Waals surface area contributed by atoms with Crippen molar-refractivity contribution in [3.8, 4) is 5.75 Å². The van der Waals surface area contributed by atoms with E-state index in [4.69, 9.17) is 9.47 Å². The van der Waals surface area contributed by atoms with Gasteiger partial charge >= 0.3 is 5.97 Å². The van der Waals surface area contributed by atoms with E-state index < -0.39 is 18.0 Å². The van der Waals surface area contributed by atoms with Gasteiger partial charge in [0.2, 0.25) is 0 Å². The Morgan fingerprint density at radius 1 is 1.15 bits per heavy atom. The Morgan fingerprint density at radius 3 is 2.58 bits per heavy atom. The van der Waals surface area contributed by atoms with E-state index in [0.717, 1.165) is 16.0 Å². The molecule has 5 nitrogen and oxygen atoms in total. The number of ether oxygens (including phenoxy) is 2. The first kappa shape index (κ1) is 19.8. The van der Waals surface area contributed by atoms with Crippen molar-refractivity contribution in [2.24, 2.45) is 0 Å². The van der Waals surface area contributed by atoms with Gasteiger partial charge in [0.15, 0.2) is 6.10 Å². The largest absolute Gasteiger partial charge is 0.495 e.